The molecule has 0 bridgehead atoms. The number of anilines is 1. The lowest BCUT2D eigenvalue weighted by molar-refractivity contribution is 0.221. The van der Waals surface area contributed by atoms with Gasteiger partial charge in [0.05, 0.1) is 31.8 Å². The Hall–Kier alpha value is -3.65. The SMILES string of the molecule is CCCCOc1nc(NCc2ccc(OC)cc2)c2cnn(Cc3ccc(CN4CCCCC4)cc3)c2n1. The number of benzene rings is 2. The summed E-state index contributed by atoms with van der Waals surface area (Å²) in [7, 11) is 1.67. The molecule has 1 N–H and O–H groups in total. The fourth-order valence-corrected chi connectivity index (χ4v) is 4.79. The molecule has 1 aliphatic rings. The minimum atomic E-state index is 0.377. The van der Waals surface area contributed by atoms with Gasteiger partial charge in [-0.15, -0.1) is 0 Å². The van der Waals surface area contributed by atoms with E-state index >= 15 is 0 Å². The lowest BCUT2D eigenvalue weighted by Crippen LogP contribution is -2.29. The molecule has 0 unspecified atom stereocenters. The normalized spacial score (nSPS) is 14.1. The summed E-state index contributed by atoms with van der Waals surface area (Å²) < 4.78 is 13.1. The van der Waals surface area contributed by atoms with Gasteiger partial charge >= 0.3 is 6.01 Å². The van der Waals surface area contributed by atoms with Gasteiger partial charge < -0.3 is 14.8 Å². The van der Waals surface area contributed by atoms with Crippen molar-refractivity contribution in [3.05, 3.63) is 71.4 Å². The van der Waals surface area contributed by atoms with E-state index in [-0.39, 0.29) is 0 Å². The van der Waals surface area contributed by atoms with Gasteiger partial charge in [0, 0.05) is 13.1 Å². The van der Waals surface area contributed by atoms with E-state index in [1.165, 1.54) is 43.5 Å². The van der Waals surface area contributed by atoms with Crippen LogP contribution in [0.2, 0.25) is 0 Å². The van der Waals surface area contributed by atoms with Crippen molar-refractivity contribution in [3.8, 4) is 11.8 Å². The van der Waals surface area contributed by atoms with Crippen LogP contribution in [0.4, 0.5) is 5.82 Å². The van der Waals surface area contributed by atoms with Crippen molar-refractivity contribution in [2.45, 2.75) is 58.7 Å². The van der Waals surface area contributed by atoms with Crippen LogP contribution in [0.1, 0.15) is 55.7 Å². The number of hydrogen-bond acceptors (Lipinski definition) is 7. The molecule has 0 radical (unpaired) electrons. The van der Waals surface area contributed by atoms with Crippen LogP contribution in [0.3, 0.4) is 0 Å². The minimum absolute atomic E-state index is 0.377. The predicted molar refractivity (Wildman–Crippen MR) is 151 cm³/mol. The van der Waals surface area contributed by atoms with Crippen LogP contribution in [0, 0.1) is 0 Å². The topological polar surface area (TPSA) is 77.3 Å². The van der Waals surface area contributed by atoms with Crippen LogP contribution in [0.15, 0.2) is 54.7 Å². The van der Waals surface area contributed by atoms with Crippen molar-refractivity contribution in [3.63, 3.8) is 0 Å². The van der Waals surface area contributed by atoms with Gasteiger partial charge in [0.15, 0.2) is 5.65 Å². The van der Waals surface area contributed by atoms with Gasteiger partial charge in [0.2, 0.25) is 0 Å². The summed E-state index contributed by atoms with van der Waals surface area (Å²) in [5.41, 5.74) is 4.45. The molecule has 0 spiro atoms. The summed E-state index contributed by atoms with van der Waals surface area (Å²) in [6.45, 7) is 7.43. The van der Waals surface area contributed by atoms with Gasteiger partial charge in [0.1, 0.15) is 11.6 Å². The number of rotatable bonds is 12. The molecule has 38 heavy (non-hydrogen) atoms. The zero-order chi connectivity index (χ0) is 26.2. The smallest absolute Gasteiger partial charge is 0.320 e. The molecule has 8 nitrogen and oxygen atoms in total. The Morgan fingerprint density at radius 2 is 1.58 bits per heavy atom. The zero-order valence-electron chi connectivity index (χ0n) is 22.5. The molecule has 1 fully saturated rings. The lowest BCUT2D eigenvalue weighted by Gasteiger charge is -2.26. The van der Waals surface area contributed by atoms with E-state index in [0.717, 1.165) is 47.6 Å². The van der Waals surface area contributed by atoms with Gasteiger partial charge in [-0.25, -0.2) is 4.68 Å². The predicted octanol–water partition coefficient (Wildman–Crippen LogP) is 5.66. The van der Waals surface area contributed by atoms with Crippen molar-refractivity contribution in [2.75, 3.05) is 32.1 Å². The van der Waals surface area contributed by atoms with E-state index in [4.69, 9.17) is 14.5 Å². The second-order valence-electron chi connectivity index (χ2n) is 9.95. The number of aromatic nitrogens is 4. The van der Waals surface area contributed by atoms with E-state index in [1.54, 1.807) is 7.11 Å². The molecular formula is C30H38N6O2. The van der Waals surface area contributed by atoms with Gasteiger partial charge in [0.25, 0.3) is 0 Å². The van der Waals surface area contributed by atoms with Gasteiger partial charge in [-0.3, -0.25) is 4.90 Å². The van der Waals surface area contributed by atoms with E-state index in [0.29, 0.717) is 25.7 Å². The van der Waals surface area contributed by atoms with E-state index < -0.39 is 0 Å². The maximum absolute atomic E-state index is 5.92. The highest BCUT2D eigenvalue weighted by Crippen LogP contribution is 2.25. The summed E-state index contributed by atoms with van der Waals surface area (Å²) in [5.74, 6) is 1.56. The Morgan fingerprint density at radius 3 is 2.29 bits per heavy atom. The van der Waals surface area contributed by atoms with Crippen molar-refractivity contribution < 1.29 is 9.47 Å². The molecule has 0 saturated carbocycles. The lowest BCUT2D eigenvalue weighted by atomic mass is 10.1. The fourth-order valence-electron chi connectivity index (χ4n) is 4.79. The number of piperidine rings is 1. The fraction of sp³-hybridized carbons (Fsp3) is 0.433. The summed E-state index contributed by atoms with van der Waals surface area (Å²) in [5, 5.41) is 9.02. The molecule has 1 aliphatic heterocycles. The number of hydrogen-bond donors (Lipinski definition) is 1. The van der Waals surface area contributed by atoms with Crippen LogP contribution < -0.4 is 14.8 Å². The summed E-state index contributed by atoms with van der Waals surface area (Å²) in [4.78, 5) is 12.0. The van der Waals surface area contributed by atoms with Gasteiger partial charge in [-0.05, 0) is 61.2 Å². The van der Waals surface area contributed by atoms with Crippen LogP contribution in [0.5, 0.6) is 11.8 Å². The second kappa shape index (κ2) is 12.7. The van der Waals surface area contributed by atoms with Crippen molar-refractivity contribution >= 4 is 16.9 Å². The van der Waals surface area contributed by atoms with Gasteiger partial charge in [-0.2, -0.15) is 15.1 Å². The highest BCUT2D eigenvalue weighted by atomic mass is 16.5. The Balaban J connectivity index is 1.33. The molecule has 2 aromatic carbocycles. The first-order valence-corrected chi connectivity index (χ1v) is 13.7. The Bertz CT molecular complexity index is 1300. The molecule has 1 saturated heterocycles. The molecule has 0 atom stereocenters. The molecule has 0 aliphatic carbocycles. The van der Waals surface area contributed by atoms with E-state index in [9.17, 15) is 0 Å². The Labute approximate surface area is 225 Å². The monoisotopic (exact) mass is 514 g/mol. The number of fused-ring (bicyclic) bond motifs is 1. The molecule has 8 heteroatoms. The molecular weight excluding hydrogens is 476 g/mol. The Morgan fingerprint density at radius 1 is 0.868 bits per heavy atom. The molecule has 4 aromatic rings. The first-order valence-electron chi connectivity index (χ1n) is 13.7. The average molecular weight is 515 g/mol. The van der Waals surface area contributed by atoms with Crippen LogP contribution in [-0.4, -0.2) is 51.5 Å². The second-order valence-corrected chi connectivity index (χ2v) is 9.95. The molecule has 200 valence electrons. The third kappa shape index (κ3) is 6.61. The highest BCUT2D eigenvalue weighted by molar-refractivity contribution is 5.86. The quantitative estimate of drug-likeness (QED) is 0.244. The first kappa shape index (κ1) is 26.0. The van der Waals surface area contributed by atoms with Gasteiger partial charge in [-0.1, -0.05) is 56.2 Å². The maximum Gasteiger partial charge on any atom is 0.320 e. The summed E-state index contributed by atoms with van der Waals surface area (Å²) in [6.07, 6.45) is 7.84. The van der Waals surface area contributed by atoms with Crippen LogP contribution >= 0.6 is 0 Å². The molecule has 0 amide bonds. The zero-order valence-corrected chi connectivity index (χ0v) is 22.5. The standard InChI is InChI=1S/C30H38N6O2/c1-3-4-18-38-30-33-28(31-19-23-12-14-26(37-2)15-13-23)27-20-32-36(29(27)34-30)22-25-10-8-24(9-11-25)21-35-16-6-5-7-17-35/h8-15,20H,3-7,16-19,21-22H2,1-2H3,(H,31,33,34). The van der Waals surface area contributed by atoms with Crippen LogP contribution in [-0.2, 0) is 19.6 Å². The van der Waals surface area contributed by atoms with Crippen molar-refractivity contribution in [1.29, 1.82) is 0 Å². The molecule has 5 rings (SSSR count). The number of likely N-dealkylation sites (tertiary alicyclic amines) is 1. The number of nitrogens with zero attached hydrogens (tertiary/aromatic N) is 5. The maximum atomic E-state index is 5.92. The summed E-state index contributed by atoms with van der Waals surface area (Å²) >= 11 is 0. The molecule has 3 heterocycles. The van der Waals surface area contributed by atoms with E-state index in [1.807, 2.05) is 35.1 Å². The van der Waals surface area contributed by atoms with Crippen molar-refractivity contribution in [1.82, 2.24) is 24.6 Å². The number of ether oxygens (including phenoxy) is 2. The number of nitrogens with one attached hydrogen (secondary N) is 1. The number of methoxy groups -OCH3 is 1. The minimum Gasteiger partial charge on any atom is -0.497 e. The third-order valence-electron chi connectivity index (χ3n) is 7.03. The van der Waals surface area contributed by atoms with Crippen molar-refractivity contribution in [2.24, 2.45) is 0 Å². The highest BCUT2D eigenvalue weighted by Gasteiger charge is 2.15. The number of unbranched alkanes of at least 4 members (excludes halogenated alkanes) is 1. The average Bonchev–Trinajstić information content (AvgIpc) is 3.36. The summed E-state index contributed by atoms with van der Waals surface area (Å²) in [6, 6.07) is 17.3. The molecule has 2 aromatic heterocycles. The first-order chi connectivity index (χ1) is 18.7. The Kier molecular flexibility index (Phi) is 8.71. The van der Waals surface area contributed by atoms with E-state index in [2.05, 4.69) is 51.5 Å². The third-order valence-corrected chi connectivity index (χ3v) is 7.03. The largest absolute Gasteiger partial charge is 0.497 e. The van der Waals surface area contributed by atoms with Crippen LogP contribution in [0.25, 0.3) is 11.0 Å².